The summed E-state index contributed by atoms with van der Waals surface area (Å²) in [6.07, 6.45) is 2.62. The molecular weight excluding hydrogens is 241 g/mol. The Labute approximate surface area is 100 Å². The Balaban J connectivity index is 2.31. The van der Waals surface area contributed by atoms with E-state index in [2.05, 4.69) is 15.5 Å². The third kappa shape index (κ3) is 2.34. The molecule has 1 aromatic carbocycles. The quantitative estimate of drug-likeness (QED) is 0.768. The van der Waals surface area contributed by atoms with Crippen LogP contribution in [-0.4, -0.2) is 27.2 Å². The number of rotatable bonds is 3. The van der Waals surface area contributed by atoms with Crippen LogP contribution in [0.25, 0.3) is 0 Å². The van der Waals surface area contributed by atoms with Gasteiger partial charge in [0.2, 0.25) is 0 Å². The molecule has 92 valence electrons. The van der Waals surface area contributed by atoms with Crippen LogP contribution in [0.15, 0.2) is 30.6 Å². The Hall–Kier alpha value is -2.70. The molecule has 0 aliphatic heterocycles. The van der Waals surface area contributed by atoms with Gasteiger partial charge in [-0.2, -0.15) is 5.10 Å². The van der Waals surface area contributed by atoms with Gasteiger partial charge in [0.05, 0.1) is 23.0 Å². The number of carbonyl (C=O) groups is 2. The van der Waals surface area contributed by atoms with Crippen LogP contribution in [0.2, 0.25) is 0 Å². The molecule has 3 N–H and O–H groups in total. The van der Waals surface area contributed by atoms with E-state index in [0.717, 1.165) is 18.2 Å². The van der Waals surface area contributed by atoms with E-state index in [-0.39, 0.29) is 16.8 Å². The molecule has 1 amide bonds. The first kappa shape index (κ1) is 11.8. The molecule has 1 heterocycles. The molecule has 0 fully saturated rings. The van der Waals surface area contributed by atoms with Gasteiger partial charge in [-0.3, -0.25) is 9.89 Å². The minimum Gasteiger partial charge on any atom is -0.478 e. The summed E-state index contributed by atoms with van der Waals surface area (Å²) in [5, 5.41) is 17.3. The fraction of sp³-hybridized carbons (Fsp3) is 0. The number of benzene rings is 1. The molecule has 1 aromatic heterocycles. The smallest absolute Gasteiger partial charge is 0.337 e. The lowest BCUT2D eigenvalue weighted by Gasteiger charge is -2.07. The molecule has 0 aliphatic rings. The van der Waals surface area contributed by atoms with Gasteiger partial charge in [0.1, 0.15) is 5.82 Å². The molecule has 0 saturated heterocycles. The van der Waals surface area contributed by atoms with E-state index in [1.807, 2.05) is 0 Å². The zero-order valence-corrected chi connectivity index (χ0v) is 8.98. The van der Waals surface area contributed by atoms with Crippen LogP contribution in [0.5, 0.6) is 0 Å². The molecule has 0 atom stereocenters. The first-order valence-corrected chi connectivity index (χ1v) is 4.91. The summed E-state index contributed by atoms with van der Waals surface area (Å²) in [7, 11) is 0. The summed E-state index contributed by atoms with van der Waals surface area (Å²) in [5.74, 6) is -2.46. The minimum absolute atomic E-state index is 0.103. The van der Waals surface area contributed by atoms with Crippen molar-refractivity contribution in [2.45, 2.75) is 0 Å². The number of carboxylic acid groups (broad SMARTS) is 1. The van der Waals surface area contributed by atoms with Gasteiger partial charge < -0.3 is 10.4 Å². The number of H-pyrrole nitrogens is 1. The monoisotopic (exact) mass is 249 g/mol. The van der Waals surface area contributed by atoms with Crippen molar-refractivity contribution >= 4 is 17.6 Å². The zero-order chi connectivity index (χ0) is 13.1. The summed E-state index contributed by atoms with van der Waals surface area (Å²) in [6, 6.07) is 3.04. The van der Waals surface area contributed by atoms with Gasteiger partial charge >= 0.3 is 5.97 Å². The Kier molecular flexibility index (Phi) is 3.05. The lowest BCUT2D eigenvalue weighted by molar-refractivity contribution is 0.0698. The molecular formula is C11H8FN3O3. The van der Waals surface area contributed by atoms with Gasteiger partial charge in [-0.1, -0.05) is 0 Å². The number of aromatic carboxylic acids is 1. The van der Waals surface area contributed by atoms with Crippen LogP contribution < -0.4 is 5.32 Å². The minimum atomic E-state index is -1.25. The third-order valence-corrected chi connectivity index (χ3v) is 2.22. The molecule has 0 aliphatic carbocycles. The van der Waals surface area contributed by atoms with E-state index in [1.54, 1.807) is 0 Å². The fourth-order valence-corrected chi connectivity index (χ4v) is 1.38. The van der Waals surface area contributed by atoms with E-state index >= 15 is 0 Å². The van der Waals surface area contributed by atoms with Crippen LogP contribution >= 0.6 is 0 Å². The first-order chi connectivity index (χ1) is 8.58. The summed E-state index contributed by atoms with van der Waals surface area (Å²) >= 11 is 0. The Morgan fingerprint density at radius 1 is 1.39 bits per heavy atom. The number of hydrogen-bond acceptors (Lipinski definition) is 3. The van der Waals surface area contributed by atoms with Crippen molar-refractivity contribution < 1.29 is 19.1 Å². The van der Waals surface area contributed by atoms with Crippen LogP contribution in [-0.2, 0) is 0 Å². The van der Waals surface area contributed by atoms with E-state index in [9.17, 15) is 14.0 Å². The molecule has 2 aromatic rings. The maximum absolute atomic E-state index is 13.0. The molecule has 0 radical (unpaired) electrons. The maximum atomic E-state index is 13.0. The van der Waals surface area contributed by atoms with E-state index in [4.69, 9.17) is 5.11 Å². The topological polar surface area (TPSA) is 95.1 Å². The molecule has 7 heteroatoms. The lowest BCUT2D eigenvalue weighted by atomic mass is 10.1. The largest absolute Gasteiger partial charge is 0.478 e. The lowest BCUT2D eigenvalue weighted by Crippen LogP contribution is -2.14. The summed E-state index contributed by atoms with van der Waals surface area (Å²) in [6.45, 7) is 0. The van der Waals surface area contributed by atoms with Crippen molar-refractivity contribution in [1.29, 1.82) is 0 Å². The van der Waals surface area contributed by atoms with Crippen molar-refractivity contribution in [3.05, 3.63) is 47.5 Å². The van der Waals surface area contributed by atoms with Crippen molar-refractivity contribution in [2.24, 2.45) is 0 Å². The van der Waals surface area contributed by atoms with E-state index < -0.39 is 17.7 Å². The number of carbonyl (C=O) groups excluding carboxylic acids is 1. The predicted molar refractivity (Wildman–Crippen MR) is 59.9 cm³/mol. The maximum Gasteiger partial charge on any atom is 0.337 e. The van der Waals surface area contributed by atoms with Crippen LogP contribution in [0.3, 0.4) is 0 Å². The van der Waals surface area contributed by atoms with Crippen LogP contribution in [0.4, 0.5) is 10.1 Å². The van der Waals surface area contributed by atoms with Crippen LogP contribution in [0.1, 0.15) is 20.7 Å². The van der Waals surface area contributed by atoms with E-state index in [0.29, 0.717) is 0 Å². The molecule has 18 heavy (non-hydrogen) atoms. The summed E-state index contributed by atoms with van der Waals surface area (Å²) in [5.41, 5.74) is -0.0717. The van der Waals surface area contributed by atoms with Gasteiger partial charge in [-0.25, -0.2) is 9.18 Å². The number of aromatic nitrogens is 2. The normalized spacial score (nSPS) is 10.1. The second-order valence-electron chi connectivity index (χ2n) is 3.44. The number of aromatic amines is 1. The number of nitrogens with zero attached hydrogens (tertiary/aromatic N) is 1. The standard InChI is InChI=1S/C11H8FN3O3/c12-7-1-2-8(11(17)18)9(3-7)15-10(16)6-4-13-14-5-6/h1-5H,(H,13,14)(H,15,16)(H,17,18). The molecule has 0 saturated carbocycles. The molecule has 6 nitrogen and oxygen atoms in total. The Morgan fingerprint density at radius 3 is 2.78 bits per heavy atom. The van der Waals surface area contributed by atoms with E-state index in [1.165, 1.54) is 12.4 Å². The van der Waals surface area contributed by atoms with Gasteiger partial charge in [0.25, 0.3) is 5.91 Å². The fourth-order valence-electron chi connectivity index (χ4n) is 1.38. The number of hydrogen-bond donors (Lipinski definition) is 3. The number of carboxylic acids is 1. The zero-order valence-electron chi connectivity index (χ0n) is 8.98. The van der Waals surface area contributed by atoms with Crippen molar-refractivity contribution in [2.75, 3.05) is 5.32 Å². The highest BCUT2D eigenvalue weighted by Gasteiger charge is 2.14. The Morgan fingerprint density at radius 2 is 2.17 bits per heavy atom. The highest BCUT2D eigenvalue weighted by atomic mass is 19.1. The second kappa shape index (κ2) is 4.66. The highest BCUT2D eigenvalue weighted by molar-refractivity contribution is 6.07. The van der Waals surface area contributed by atoms with Crippen molar-refractivity contribution in [3.63, 3.8) is 0 Å². The SMILES string of the molecule is O=C(Nc1cc(F)ccc1C(=O)O)c1cn[nH]c1. The predicted octanol–water partition coefficient (Wildman–Crippen LogP) is 1.50. The number of nitrogens with one attached hydrogen (secondary N) is 2. The molecule has 0 bridgehead atoms. The number of halogens is 1. The van der Waals surface area contributed by atoms with Gasteiger partial charge in [0.15, 0.2) is 0 Å². The average molecular weight is 249 g/mol. The third-order valence-electron chi connectivity index (χ3n) is 2.22. The Bertz CT molecular complexity index is 596. The number of amides is 1. The first-order valence-electron chi connectivity index (χ1n) is 4.91. The van der Waals surface area contributed by atoms with Gasteiger partial charge in [-0.05, 0) is 18.2 Å². The highest BCUT2D eigenvalue weighted by Crippen LogP contribution is 2.18. The summed E-state index contributed by atoms with van der Waals surface area (Å²) < 4.78 is 13.0. The number of anilines is 1. The van der Waals surface area contributed by atoms with Gasteiger partial charge in [0, 0.05) is 6.20 Å². The molecule has 2 rings (SSSR count). The van der Waals surface area contributed by atoms with Crippen molar-refractivity contribution in [3.8, 4) is 0 Å². The average Bonchev–Trinajstić information content (AvgIpc) is 2.81. The van der Waals surface area contributed by atoms with Crippen LogP contribution in [0, 0.1) is 5.82 Å². The second-order valence-corrected chi connectivity index (χ2v) is 3.44. The summed E-state index contributed by atoms with van der Waals surface area (Å²) in [4.78, 5) is 22.6. The molecule has 0 spiro atoms. The van der Waals surface area contributed by atoms with Gasteiger partial charge in [-0.15, -0.1) is 0 Å². The molecule has 0 unspecified atom stereocenters. The van der Waals surface area contributed by atoms with Crippen molar-refractivity contribution in [1.82, 2.24) is 10.2 Å².